The van der Waals surface area contributed by atoms with E-state index in [2.05, 4.69) is 0 Å². The van der Waals surface area contributed by atoms with Gasteiger partial charge < -0.3 is 20.9 Å². The van der Waals surface area contributed by atoms with Crippen LogP contribution in [-0.2, 0) is 4.79 Å². The number of methoxy groups -OCH3 is 1. The van der Waals surface area contributed by atoms with Crippen LogP contribution in [0.1, 0.15) is 10.4 Å². The van der Waals surface area contributed by atoms with E-state index < -0.39 is 11.8 Å². The first kappa shape index (κ1) is 13.1. The predicted molar refractivity (Wildman–Crippen MR) is 61.2 cm³/mol. The molecule has 0 unspecified atom stereocenters. The van der Waals surface area contributed by atoms with Crippen LogP contribution in [0.15, 0.2) is 12.1 Å². The van der Waals surface area contributed by atoms with Gasteiger partial charge in [-0.25, -0.2) is 0 Å². The van der Waals surface area contributed by atoms with Crippen LogP contribution >= 0.6 is 11.6 Å². The quantitative estimate of drug-likeness (QED) is 0.793. The second-order valence-corrected chi connectivity index (χ2v) is 3.52. The highest BCUT2D eigenvalue weighted by Crippen LogP contribution is 2.36. The van der Waals surface area contributed by atoms with Crippen molar-refractivity contribution in [1.29, 1.82) is 0 Å². The monoisotopic (exact) mass is 258 g/mol. The number of ether oxygens (including phenoxy) is 2. The number of amides is 2. The summed E-state index contributed by atoms with van der Waals surface area (Å²) in [5, 5.41) is 0.111. The Morgan fingerprint density at radius 1 is 1.35 bits per heavy atom. The Morgan fingerprint density at radius 3 is 2.47 bits per heavy atom. The van der Waals surface area contributed by atoms with Crippen molar-refractivity contribution in [1.82, 2.24) is 0 Å². The smallest absolute Gasteiger partial charge is 0.255 e. The van der Waals surface area contributed by atoms with Crippen molar-refractivity contribution in [2.24, 2.45) is 11.5 Å². The van der Waals surface area contributed by atoms with Gasteiger partial charge in [0.2, 0.25) is 5.91 Å². The van der Waals surface area contributed by atoms with Gasteiger partial charge in [-0.05, 0) is 12.1 Å². The van der Waals surface area contributed by atoms with E-state index in [4.69, 9.17) is 32.5 Å². The third-order valence-corrected chi connectivity index (χ3v) is 2.15. The molecule has 7 heteroatoms. The second kappa shape index (κ2) is 5.40. The maximum atomic E-state index is 11.0. The Labute approximate surface area is 102 Å². The van der Waals surface area contributed by atoms with Gasteiger partial charge in [-0.15, -0.1) is 0 Å². The summed E-state index contributed by atoms with van der Waals surface area (Å²) in [4.78, 5) is 21.6. The minimum atomic E-state index is -0.651. The molecule has 1 rings (SSSR count). The fourth-order valence-corrected chi connectivity index (χ4v) is 1.41. The van der Waals surface area contributed by atoms with Crippen molar-refractivity contribution >= 4 is 23.4 Å². The first-order valence-electron chi connectivity index (χ1n) is 4.54. The molecule has 0 aliphatic carbocycles. The van der Waals surface area contributed by atoms with E-state index in [0.29, 0.717) is 0 Å². The summed E-state index contributed by atoms with van der Waals surface area (Å²) in [6.45, 7) is -0.341. The molecule has 6 nitrogen and oxygen atoms in total. The normalized spacial score (nSPS) is 9.76. The maximum absolute atomic E-state index is 11.0. The van der Waals surface area contributed by atoms with Gasteiger partial charge in [-0.3, -0.25) is 9.59 Å². The SMILES string of the molecule is COc1cc(C(N)=O)cc(Cl)c1OCC(N)=O. The predicted octanol–water partition coefficient (Wildman–Crippen LogP) is 0.312. The summed E-state index contributed by atoms with van der Waals surface area (Å²) < 4.78 is 10.1. The number of hydrogen-bond acceptors (Lipinski definition) is 4. The molecule has 0 saturated heterocycles. The molecule has 1 aromatic rings. The van der Waals surface area contributed by atoms with E-state index >= 15 is 0 Å². The lowest BCUT2D eigenvalue weighted by Crippen LogP contribution is -2.20. The van der Waals surface area contributed by atoms with E-state index in [-0.39, 0.29) is 28.7 Å². The van der Waals surface area contributed by atoms with Crippen molar-refractivity contribution in [2.75, 3.05) is 13.7 Å². The van der Waals surface area contributed by atoms with E-state index in [1.807, 2.05) is 0 Å². The van der Waals surface area contributed by atoms with Crippen LogP contribution in [0.3, 0.4) is 0 Å². The summed E-state index contributed by atoms with van der Waals surface area (Å²) in [5.74, 6) is -0.959. The molecule has 2 amide bonds. The third kappa shape index (κ3) is 3.25. The van der Waals surface area contributed by atoms with Crippen molar-refractivity contribution in [3.63, 3.8) is 0 Å². The van der Waals surface area contributed by atoms with Crippen LogP contribution in [0.25, 0.3) is 0 Å². The van der Waals surface area contributed by atoms with Gasteiger partial charge >= 0.3 is 0 Å². The summed E-state index contributed by atoms with van der Waals surface area (Å²) in [6, 6.07) is 2.69. The molecule has 0 fully saturated rings. The van der Waals surface area contributed by atoms with Crippen LogP contribution in [0, 0.1) is 0 Å². The average molecular weight is 259 g/mol. The highest BCUT2D eigenvalue weighted by atomic mass is 35.5. The topological polar surface area (TPSA) is 105 Å². The van der Waals surface area contributed by atoms with Crippen molar-refractivity contribution in [2.45, 2.75) is 0 Å². The van der Waals surface area contributed by atoms with Crippen LogP contribution in [0.4, 0.5) is 0 Å². The zero-order valence-corrected chi connectivity index (χ0v) is 9.78. The van der Waals surface area contributed by atoms with Gasteiger partial charge in [0.1, 0.15) is 0 Å². The van der Waals surface area contributed by atoms with Gasteiger partial charge in [0.25, 0.3) is 5.91 Å². The molecule has 4 N–H and O–H groups in total. The van der Waals surface area contributed by atoms with Gasteiger partial charge in [0.15, 0.2) is 18.1 Å². The lowest BCUT2D eigenvalue weighted by molar-refractivity contribution is -0.119. The largest absolute Gasteiger partial charge is 0.493 e. The van der Waals surface area contributed by atoms with E-state index in [9.17, 15) is 9.59 Å². The molecule has 0 spiro atoms. The molecule has 0 bridgehead atoms. The second-order valence-electron chi connectivity index (χ2n) is 3.11. The van der Waals surface area contributed by atoms with Crippen molar-refractivity contribution in [3.05, 3.63) is 22.7 Å². The Hall–Kier alpha value is -1.95. The summed E-state index contributed by atoms with van der Waals surface area (Å²) in [6.07, 6.45) is 0. The average Bonchev–Trinajstić information content (AvgIpc) is 2.25. The lowest BCUT2D eigenvalue weighted by Gasteiger charge is -2.12. The number of nitrogens with two attached hydrogens (primary N) is 2. The Balaban J connectivity index is 3.12. The molecule has 0 atom stereocenters. The number of carbonyl (C=O) groups is 2. The zero-order valence-electron chi connectivity index (χ0n) is 9.03. The molecule has 0 aliphatic rings. The molecule has 92 valence electrons. The number of carbonyl (C=O) groups excluding carboxylic acids is 2. The maximum Gasteiger partial charge on any atom is 0.255 e. The lowest BCUT2D eigenvalue weighted by atomic mass is 10.2. The van der Waals surface area contributed by atoms with Crippen molar-refractivity contribution < 1.29 is 19.1 Å². The molecule has 0 heterocycles. The number of benzene rings is 1. The van der Waals surface area contributed by atoms with Crippen LogP contribution in [0.5, 0.6) is 11.5 Å². The van der Waals surface area contributed by atoms with Gasteiger partial charge in [-0.2, -0.15) is 0 Å². The number of hydrogen-bond donors (Lipinski definition) is 2. The Bertz CT molecular complexity index is 462. The first-order valence-corrected chi connectivity index (χ1v) is 4.92. The number of rotatable bonds is 5. The van der Waals surface area contributed by atoms with E-state index in [0.717, 1.165) is 0 Å². The highest BCUT2D eigenvalue weighted by Gasteiger charge is 2.14. The zero-order chi connectivity index (χ0) is 13.0. The molecular formula is C10H11ClN2O4. The van der Waals surface area contributed by atoms with E-state index in [1.165, 1.54) is 19.2 Å². The van der Waals surface area contributed by atoms with Crippen molar-refractivity contribution in [3.8, 4) is 11.5 Å². The number of halogens is 1. The highest BCUT2D eigenvalue weighted by molar-refractivity contribution is 6.32. The molecule has 0 aliphatic heterocycles. The van der Waals surface area contributed by atoms with Gasteiger partial charge in [-0.1, -0.05) is 11.6 Å². The van der Waals surface area contributed by atoms with E-state index in [1.54, 1.807) is 0 Å². The van der Waals surface area contributed by atoms with Gasteiger partial charge in [0.05, 0.1) is 12.1 Å². The van der Waals surface area contributed by atoms with Gasteiger partial charge in [0, 0.05) is 5.56 Å². The Morgan fingerprint density at radius 2 is 2.00 bits per heavy atom. The molecule has 0 saturated carbocycles. The van der Waals surface area contributed by atoms with Crippen LogP contribution in [-0.4, -0.2) is 25.5 Å². The molecule has 0 radical (unpaired) electrons. The summed E-state index contributed by atoms with van der Waals surface area (Å²) in [7, 11) is 1.37. The standard InChI is InChI=1S/C10H11ClN2O4/c1-16-7-3-5(10(13)15)2-6(11)9(7)17-4-8(12)14/h2-3H,4H2,1H3,(H2,12,14)(H2,13,15). The van der Waals surface area contributed by atoms with Crippen LogP contribution in [0.2, 0.25) is 5.02 Å². The van der Waals surface area contributed by atoms with Crippen LogP contribution < -0.4 is 20.9 Å². The molecule has 1 aromatic carbocycles. The third-order valence-electron chi connectivity index (χ3n) is 1.87. The minimum Gasteiger partial charge on any atom is -0.493 e. The fourth-order valence-electron chi connectivity index (χ4n) is 1.15. The molecular weight excluding hydrogens is 248 g/mol. The summed E-state index contributed by atoms with van der Waals surface area (Å²) in [5.41, 5.74) is 10.2. The minimum absolute atomic E-state index is 0.111. The first-order chi connectivity index (χ1) is 7.95. The summed E-state index contributed by atoms with van der Waals surface area (Å²) >= 11 is 5.88. The number of primary amides is 2. The molecule has 17 heavy (non-hydrogen) atoms. The fraction of sp³-hybridized carbons (Fsp3) is 0.200. The molecule has 0 aromatic heterocycles. The Kier molecular flexibility index (Phi) is 4.17.